The molecule has 0 aliphatic heterocycles. The zero-order valence-electron chi connectivity index (χ0n) is 14.4. The Balaban J connectivity index is 1.60. The number of benzene rings is 1. The lowest BCUT2D eigenvalue weighted by molar-refractivity contribution is 0.156. The van der Waals surface area contributed by atoms with Crippen LogP contribution in [0.2, 0.25) is 0 Å². The summed E-state index contributed by atoms with van der Waals surface area (Å²) in [6.45, 7) is 2.05. The second-order valence-electron chi connectivity index (χ2n) is 6.53. The highest BCUT2D eigenvalue weighted by Crippen LogP contribution is 2.24. The lowest BCUT2D eigenvalue weighted by Crippen LogP contribution is -2.45. The van der Waals surface area contributed by atoms with Crippen molar-refractivity contribution in [1.29, 1.82) is 0 Å². The van der Waals surface area contributed by atoms with Crippen LogP contribution in [0.25, 0.3) is 11.4 Å². The first-order chi connectivity index (χ1) is 12.2. The number of rotatable bonds is 4. The maximum atomic E-state index is 12.2. The molecular formula is C19H24N4O2. The number of carbonyl (C=O) groups is 1. The number of aromatic nitrogens is 2. The Morgan fingerprint density at radius 3 is 2.68 bits per heavy atom. The molecule has 0 radical (unpaired) electrons. The molecule has 3 rings (SSSR count). The van der Waals surface area contributed by atoms with Crippen molar-refractivity contribution < 1.29 is 9.90 Å². The highest BCUT2D eigenvalue weighted by Gasteiger charge is 2.25. The third-order valence-corrected chi connectivity index (χ3v) is 4.66. The summed E-state index contributed by atoms with van der Waals surface area (Å²) >= 11 is 0. The van der Waals surface area contributed by atoms with E-state index in [1.807, 2.05) is 37.3 Å². The van der Waals surface area contributed by atoms with Crippen LogP contribution in [0.15, 0.2) is 36.5 Å². The van der Waals surface area contributed by atoms with Crippen molar-refractivity contribution in [3.8, 4) is 11.4 Å². The molecule has 25 heavy (non-hydrogen) atoms. The fraction of sp³-hybridized carbons (Fsp3) is 0.421. The summed E-state index contributed by atoms with van der Waals surface area (Å²) in [6, 6.07) is 9.12. The molecule has 1 saturated carbocycles. The van der Waals surface area contributed by atoms with Gasteiger partial charge in [0.2, 0.25) is 0 Å². The SMILES string of the molecule is Cc1ccnc(-c2ccc(NC(=O)N[C@@H]3CCCC[C@@H]3CO)cc2)n1. The van der Waals surface area contributed by atoms with Crippen LogP contribution in [-0.2, 0) is 0 Å². The van der Waals surface area contributed by atoms with Gasteiger partial charge < -0.3 is 15.7 Å². The van der Waals surface area contributed by atoms with Gasteiger partial charge in [-0.1, -0.05) is 12.8 Å². The minimum Gasteiger partial charge on any atom is -0.396 e. The summed E-state index contributed by atoms with van der Waals surface area (Å²) < 4.78 is 0. The Bertz CT molecular complexity index is 718. The van der Waals surface area contributed by atoms with Crippen LogP contribution >= 0.6 is 0 Å². The van der Waals surface area contributed by atoms with Crippen LogP contribution in [0.4, 0.5) is 10.5 Å². The van der Waals surface area contributed by atoms with Gasteiger partial charge in [0.05, 0.1) is 0 Å². The minimum absolute atomic E-state index is 0.0405. The number of carbonyl (C=O) groups excluding carboxylic acids is 1. The largest absolute Gasteiger partial charge is 0.396 e. The molecule has 1 heterocycles. The summed E-state index contributed by atoms with van der Waals surface area (Å²) in [5.74, 6) is 0.823. The number of hydrogen-bond donors (Lipinski definition) is 3. The monoisotopic (exact) mass is 340 g/mol. The van der Waals surface area contributed by atoms with E-state index < -0.39 is 0 Å². The van der Waals surface area contributed by atoms with E-state index in [4.69, 9.17) is 0 Å². The Morgan fingerprint density at radius 1 is 1.20 bits per heavy atom. The van der Waals surface area contributed by atoms with E-state index in [0.717, 1.165) is 36.9 Å². The molecule has 6 nitrogen and oxygen atoms in total. The number of urea groups is 1. The molecule has 2 atom stereocenters. The Morgan fingerprint density at radius 2 is 1.96 bits per heavy atom. The van der Waals surface area contributed by atoms with Crippen molar-refractivity contribution in [2.24, 2.45) is 5.92 Å². The second-order valence-corrected chi connectivity index (χ2v) is 6.53. The smallest absolute Gasteiger partial charge is 0.319 e. The van der Waals surface area contributed by atoms with Crippen molar-refractivity contribution in [2.45, 2.75) is 38.6 Å². The summed E-state index contributed by atoms with van der Waals surface area (Å²) in [4.78, 5) is 20.9. The molecule has 1 fully saturated rings. The van der Waals surface area contributed by atoms with E-state index >= 15 is 0 Å². The van der Waals surface area contributed by atoms with Crippen LogP contribution < -0.4 is 10.6 Å². The fourth-order valence-electron chi connectivity index (χ4n) is 3.24. The Kier molecular flexibility index (Phi) is 5.60. The number of amides is 2. The molecule has 132 valence electrons. The summed E-state index contributed by atoms with van der Waals surface area (Å²) in [6.07, 6.45) is 5.83. The van der Waals surface area contributed by atoms with Gasteiger partial charge in [-0.2, -0.15) is 0 Å². The topological polar surface area (TPSA) is 87.1 Å². The quantitative estimate of drug-likeness (QED) is 0.798. The Labute approximate surface area is 147 Å². The van der Waals surface area contributed by atoms with Crippen LogP contribution in [-0.4, -0.2) is 33.8 Å². The number of nitrogens with one attached hydrogen (secondary N) is 2. The van der Waals surface area contributed by atoms with E-state index in [1.54, 1.807) is 6.20 Å². The van der Waals surface area contributed by atoms with Crippen molar-refractivity contribution in [2.75, 3.05) is 11.9 Å². The van der Waals surface area contributed by atoms with Gasteiger partial charge in [0, 0.05) is 41.7 Å². The molecule has 2 aromatic rings. The molecule has 0 saturated heterocycles. The van der Waals surface area contributed by atoms with Crippen molar-refractivity contribution in [3.05, 3.63) is 42.2 Å². The Hall–Kier alpha value is -2.47. The normalized spacial score (nSPS) is 20.1. The second kappa shape index (κ2) is 8.07. The lowest BCUT2D eigenvalue weighted by Gasteiger charge is -2.30. The maximum Gasteiger partial charge on any atom is 0.319 e. The van der Waals surface area contributed by atoms with Crippen molar-refractivity contribution >= 4 is 11.7 Å². The van der Waals surface area contributed by atoms with E-state index in [9.17, 15) is 9.90 Å². The molecule has 1 aromatic carbocycles. The summed E-state index contributed by atoms with van der Waals surface area (Å²) in [7, 11) is 0. The van der Waals surface area contributed by atoms with Gasteiger partial charge in [0.15, 0.2) is 5.82 Å². The standard InChI is InChI=1S/C19H24N4O2/c1-13-10-11-20-18(21-13)14-6-8-16(9-7-14)22-19(25)23-17-5-3-2-4-15(17)12-24/h6-11,15,17,24H,2-5,12H2,1H3,(H2,22,23,25)/t15-,17-/m1/s1. The fourth-order valence-corrected chi connectivity index (χ4v) is 3.24. The van der Waals surface area contributed by atoms with Crippen molar-refractivity contribution in [1.82, 2.24) is 15.3 Å². The van der Waals surface area contributed by atoms with Gasteiger partial charge in [0.1, 0.15) is 0 Å². The van der Waals surface area contributed by atoms with Gasteiger partial charge >= 0.3 is 6.03 Å². The average Bonchev–Trinajstić information content (AvgIpc) is 2.63. The van der Waals surface area contributed by atoms with Gasteiger partial charge in [-0.05, 0) is 50.1 Å². The third-order valence-electron chi connectivity index (χ3n) is 4.66. The number of hydrogen-bond acceptors (Lipinski definition) is 4. The van der Waals surface area contributed by atoms with Crippen molar-refractivity contribution in [3.63, 3.8) is 0 Å². The maximum absolute atomic E-state index is 12.2. The number of aliphatic hydroxyl groups excluding tert-OH is 1. The molecule has 0 spiro atoms. The van der Waals surface area contributed by atoms with Crippen LogP contribution in [0.5, 0.6) is 0 Å². The van der Waals surface area contributed by atoms with Crippen LogP contribution in [0, 0.1) is 12.8 Å². The van der Waals surface area contributed by atoms with Crippen LogP contribution in [0.1, 0.15) is 31.4 Å². The first kappa shape index (κ1) is 17.4. The van der Waals surface area contributed by atoms with Crippen LogP contribution in [0.3, 0.4) is 0 Å². The lowest BCUT2D eigenvalue weighted by atomic mass is 9.85. The van der Waals surface area contributed by atoms with E-state index in [-0.39, 0.29) is 24.6 Å². The zero-order chi connectivity index (χ0) is 17.6. The number of anilines is 1. The van der Waals surface area contributed by atoms with Gasteiger partial charge in [-0.25, -0.2) is 14.8 Å². The van der Waals surface area contributed by atoms with Gasteiger partial charge in [0.25, 0.3) is 0 Å². The minimum atomic E-state index is -0.232. The predicted octanol–water partition coefficient (Wildman–Crippen LogP) is 3.12. The van der Waals surface area contributed by atoms with Gasteiger partial charge in [-0.3, -0.25) is 0 Å². The highest BCUT2D eigenvalue weighted by atomic mass is 16.3. The third kappa shape index (κ3) is 4.54. The molecular weight excluding hydrogens is 316 g/mol. The predicted molar refractivity (Wildman–Crippen MR) is 97.2 cm³/mol. The highest BCUT2D eigenvalue weighted by molar-refractivity contribution is 5.89. The van der Waals surface area contributed by atoms with Gasteiger partial charge in [-0.15, -0.1) is 0 Å². The number of aliphatic hydroxyl groups is 1. The molecule has 6 heteroatoms. The zero-order valence-corrected chi connectivity index (χ0v) is 14.4. The first-order valence-electron chi connectivity index (χ1n) is 8.74. The molecule has 1 aromatic heterocycles. The first-order valence-corrected chi connectivity index (χ1v) is 8.74. The number of aryl methyl sites for hydroxylation is 1. The molecule has 0 bridgehead atoms. The molecule has 1 aliphatic carbocycles. The summed E-state index contributed by atoms with van der Waals surface area (Å²) in [5, 5.41) is 15.3. The molecule has 1 aliphatic rings. The summed E-state index contributed by atoms with van der Waals surface area (Å²) in [5.41, 5.74) is 2.53. The molecule has 0 unspecified atom stereocenters. The average molecular weight is 340 g/mol. The number of nitrogens with zero attached hydrogens (tertiary/aromatic N) is 2. The van der Waals surface area contributed by atoms with E-state index in [1.165, 1.54) is 0 Å². The van der Waals surface area contributed by atoms with E-state index in [2.05, 4.69) is 20.6 Å². The van der Waals surface area contributed by atoms with E-state index in [0.29, 0.717) is 11.5 Å². The molecule has 3 N–H and O–H groups in total. The molecule has 2 amide bonds.